The monoisotopic (exact) mass is 482 g/mol. The number of allylic oxidation sites excluding steroid dienone is 1. The minimum absolute atomic E-state index is 0.0881. The van der Waals surface area contributed by atoms with E-state index in [0.717, 1.165) is 43.4 Å². The van der Waals surface area contributed by atoms with Gasteiger partial charge in [-0.15, -0.1) is 0 Å². The van der Waals surface area contributed by atoms with Crippen LogP contribution in [-0.4, -0.2) is 27.1 Å². The second-order valence-corrected chi connectivity index (χ2v) is 14.0. The third-order valence-corrected chi connectivity index (χ3v) is 11.3. The summed E-state index contributed by atoms with van der Waals surface area (Å²) in [4.78, 5) is 18.6. The number of fused-ring (bicyclic) bond motifs is 5. The smallest absolute Gasteiger partial charge is 0.393 e. The second kappa shape index (κ2) is 9.36. The quantitative estimate of drug-likeness (QED) is 0.286. The Morgan fingerprint density at radius 1 is 1.06 bits per heavy atom. The lowest BCUT2D eigenvalue weighted by molar-refractivity contribution is -0.0579. The molecule has 9 atom stereocenters. The number of rotatable bonds is 7. The molecular formula is C27H47O5P. The van der Waals surface area contributed by atoms with Gasteiger partial charge in [0.1, 0.15) is 0 Å². The standard InChI is InChI=1S/C27H47O5P/c1-17(2)25(32-33(29,30)31)11-6-18(3)22-9-10-23-21-8-7-19-16-20(28)12-14-26(19,4)24(21)13-15-27(22,23)5/h7,17-18,20-25,28H,6,8-16H2,1-5H3,(H2,29,30,31)/t18-,20+,21+,22-,23+,24+,25+,26+,27-/m1/s1. The molecule has 33 heavy (non-hydrogen) atoms. The molecule has 190 valence electrons. The predicted octanol–water partition coefficient (Wildman–Crippen LogP) is 6.48. The molecule has 3 N–H and O–H groups in total. The number of aliphatic hydroxyl groups excluding tert-OH is 1. The fourth-order valence-corrected chi connectivity index (χ4v) is 9.63. The zero-order valence-electron chi connectivity index (χ0n) is 21.4. The topological polar surface area (TPSA) is 87.0 Å². The summed E-state index contributed by atoms with van der Waals surface area (Å²) in [5.74, 6) is 3.61. The average molecular weight is 483 g/mol. The number of phosphoric ester groups is 1. The molecule has 4 aliphatic carbocycles. The molecule has 4 rings (SSSR count). The summed E-state index contributed by atoms with van der Waals surface area (Å²) in [7, 11) is -4.46. The van der Waals surface area contributed by atoms with E-state index < -0.39 is 13.9 Å². The lowest BCUT2D eigenvalue weighted by Gasteiger charge is -2.58. The van der Waals surface area contributed by atoms with Gasteiger partial charge in [0.25, 0.3) is 0 Å². The first-order chi connectivity index (χ1) is 15.3. The van der Waals surface area contributed by atoms with Gasteiger partial charge in [0, 0.05) is 0 Å². The van der Waals surface area contributed by atoms with E-state index in [-0.39, 0.29) is 17.4 Å². The van der Waals surface area contributed by atoms with Crippen molar-refractivity contribution in [2.75, 3.05) is 0 Å². The van der Waals surface area contributed by atoms with E-state index in [4.69, 9.17) is 4.52 Å². The van der Waals surface area contributed by atoms with E-state index >= 15 is 0 Å². The van der Waals surface area contributed by atoms with Gasteiger partial charge in [0.2, 0.25) is 0 Å². The van der Waals surface area contributed by atoms with Gasteiger partial charge in [0.05, 0.1) is 12.2 Å². The maximum atomic E-state index is 11.4. The Balaban J connectivity index is 1.45. The Labute approximate surface area is 201 Å². The maximum Gasteiger partial charge on any atom is 0.469 e. The average Bonchev–Trinajstić information content (AvgIpc) is 3.07. The molecule has 3 saturated carbocycles. The number of phosphoric acid groups is 1. The van der Waals surface area contributed by atoms with Gasteiger partial charge < -0.3 is 14.9 Å². The van der Waals surface area contributed by atoms with Crippen molar-refractivity contribution < 1.29 is 24.0 Å². The summed E-state index contributed by atoms with van der Waals surface area (Å²) in [6.07, 6.45) is 13.0. The van der Waals surface area contributed by atoms with Crippen molar-refractivity contribution in [2.24, 2.45) is 46.3 Å². The highest BCUT2D eigenvalue weighted by Gasteiger charge is 2.59. The zero-order chi connectivity index (χ0) is 24.2. The van der Waals surface area contributed by atoms with Crippen LogP contribution in [0.25, 0.3) is 0 Å². The van der Waals surface area contributed by atoms with Gasteiger partial charge in [-0.25, -0.2) is 4.57 Å². The van der Waals surface area contributed by atoms with Crippen LogP contribution in [0.15, 0.2) is 11.6 Å². The van der Waals surface area contributed by atoms with Crippen LogP contribution in [-0.2, 0) is 9.09 Å². The molecule has 0 aromatic rings. The van der Waals surface area contributed by atoms with Crippen molar-refractivity contribution in [2.45, 2.75) is 111 Å². The molecule has 0 aromatic heterocycles. The Bertz CT molecular complexity index is 789. The molecule has 6 heteroatoms. The van der Waals surface area contributed by atoms with Crippen molar-refractivity contribution in [1.29, 1.82) is 0 Å². The zero-order valence-corrected chi connectivity index (χ0v) is 22.3. The van der Waals surface area contributed by atoms with Gasteiger partial charge in [0.15, 0.2) is 0 Å². The second-order valence-electron chi connectivity index (χ2n) is 12.8. The van der Waals surface area contributed by atoms with Crippen LogP contribution in [0, 0.1) is 46.3 Å². The molecule has 0 aliphatic heterocycles. The first-order valence-corrected chi connectivity index (χ1v) is 15.0. The minimum Gasteiger partial charge on any atom is -0.393 e. The van der Waals surface area contributed by atoms with Crippen LogP contribution in [0.4, 0.5) is 0 Å². The summed E-state index contributed by atoms with van der Waals surface area (Å²) in [5.41, 5.74) is 2.20. The predicted molar refractivity (Wildman–Crippen MR) is 131 cm³/mol. The molecule has 0 bridgehead atoms. The normalized spacial score (nSPS) is 42.8. The van der Waals surface area contributed by atoms with Crippen LogP contribution >= 0.6 is 7.82 Å². The van der Waals surface area contributed by atoms with Crippen LogP contribution in [0.3, 0.4) is 0 Å². The highest BCUT2D eigenvalue weighted by Crippen LogP contribution is 2.67. The van der Waals surface area contributed by atoms with E-state index in [1.807, 2.05) is 13.8 Å². The van der Waals surface area contributed by atoms with E-state index in [9.17, 15) is 19.5 Å². The van der Waals surface area contributed by atoms with E-state index in [0.29, 0.717) is 23.7 Å². The maximum absolute atomic E-state index is 11.4. The molecule has 3 fully saturated rings. The van der Waals surface area contributed by atoms with E-state index in [1.165, 1.54) is 32.1 Å². The molecule has 5 nitrogen and oxygen atoms in total. The van der Waals surface area contributed by atoms with Crippen molar-refractivity contribution in [3.8, 4) is 0 Å². The highest BCUT2D eigenvalue weighted by molar-refractivity contribution is 7.46. The van der Waals surface area contributed by atoms with E-state index in [2.05, 4.69) is 26.8 Å². The Kier molecular flexibility index (Phi) is 7.34. The van der Waals surface area contributed by atoms with Crippen LogP contribution < -0.4 is 0 Å². The van der Waals surface area contributed by atoms with Crippen LogP contribution in [0.2, 0.25) is 0 Å². The Hall–Kier alpha value is -0.190. The first kappa shape index (κ1) is 25.9. The lowest BCUT2D eigenvalue weighted by atomic mass is 9.47. The summed E-state index contributed by atoms with van der Waals surface area (Å²) >= 11 is 0. The van der Waals surface area contributed by atoms with Gasteiger partial charge in [-0.3, -0.25) is 4.52 Å². The summed E-state index contributed by atoms with van der Waals surface area (Å²) in [6, 6.07) is 0. The third kappa shape index (κ3) is 4.92. The number of hydrogen-bond donors (Lipinski definition) is 3. The van der Waals surface area contributed by atoms with Gasteiger partial charge in [-0.1, -0.05) is 46.3 Å². The van der Waals surface area contributed by atoms with Gasteiger partial charge >= 0.3 is 7.82 Å². The Morgan fingerprint density at radius 3 is 2.45 bits per heavy atom. The molecule has 0 amide bonds. The largest absolute Gasteiger partial charge is 0.469 e. The summed E-state index contributed by atoms with van der Waals surface area (Å²) in [6.45, 7) is 11.4. The summed E-state index contributed by atoms with van der Waals surface area (Å²) < 4.78 is 16.5. The molecule has 0 radical (unpaired) electrons. The molecule has 0 saturated heterocycles. The number of aliphatic hydroxyl groups is 1. The summed E-state index contributed by atoms with van der Waals surface area (Å²) in [5, 5.41) is 10.2. The van der Waals surface area contributed by atoms with Crippen LogP contribution in [0.1, 0.15) is 98.8 Å². The first-order valence-electron chi connectivity index (χ1n) is 13.5. The van der Waals surface area contributed by atoms with Gasteiger partial charge in [-0.2, -0.15) is 0 Å². The fourth-order valence-electron chi connectivity index (χ4n) is 8.93. The van der Waals surface area contributed by atoms with Crippen molar-refractivity contribution in [1.82, 2.24) is 0 Å². The van der Waals surface area contributed by atoms with Crippen LogP contribution in [0.5, 0.6) is 0 Å². The van der Waals surface area contributed by atoms with E-state index in [1.54, 1.807) is 5.57 Å². The van der Waals surface area contributed by atoms with Crippen molar-refractivity contribution >= 4 is 7.82 Å². The Morgan fingerprint density at radius 2 is 1.79 bits per heavy atom. The molecule has 4 aliphatic rings. The van der Waals surface area contributed by atoms with Gasteiger partial charge in [-0.05, 0) is 111 Å². The SMILES string of the molecule is CC(C)[C@H](CC[C@@H](C)[C@H]1CC[C@H]2[C@@H]3CC=C4C[C@@H](O)CC[C@]4(C)[C@H]3CC[C@]12C)OP(=O)(O)O. The molecule has 0 unspecified atom stereocenters. The van der Waals surface area contributed by atoms with Crippen molar-refractivity contribution in [3.63, 3.8) is 0 Å². The van der Waals surface area contributed by atoms with Crippen molar-refractivity contribution in [3.05, 3.63) is 11.6 Å². The minimum atomic E-state index is -4.46. The fraction of sp³-hybridized carbons (Fsp3) is 0.926. The molecular weight excluding hydrogens is 435 g/mol. The number of hydrogen-bond acceptors (Lipinski definition) is 3. The molecule has 0 aromatic carbocycles. The lowest BCUT2D eigenvalue weighted by Crippen LogP contribution is -2.50. The highest BCUT2D eigenvalue weighted by atomic mass is 31.2. The molecule has 0 heterocycles. The molecule has 0 spiro atoms. The third-order valence-electron chi connectivity index (χ3n) is 10.8.